The first-order chi connectivity index (χ1) is 17.6. The molecule has 0 radical (unpaired) electrons. The predicted molar refractivity (Wildman–Crippen MR) is 140 cm³/mol. The Morgan fingerprint density at radius 2 is 1.97 bits per heavy atom. The van der Waals surface area contributed by atoms with E-state index < -0.39 is 0 Å². The lowest BCUT2D eigenvalue weighted by molar-refractivity contribution is -0.111. The summed E-state index contributed by atoms with van der Waals surface area (Å²) in [7, 11) is 0. The third-order valence-electron chi connectivity index (χ3n) is 6.09. The topological polar surface area (TPSA) is 105 Å². The molecule has 0 unspecified atom stereocenters. The highest BCUT2D eigenvalue weighted by molar-refractivity contribution is 6.09. The number of aromatic amines is 1. The summed E-state index contributed by atoms with van der Waals surface area (Å²) in [6.07, 6.45) is 2.80. The zero-order valence-electron chi connectivity index (χ0n) is 19.5. The van der Waals surface area contributed by atoms with E-state index in [1.807, 2.05) is 61.5 Å². The highest BCUT2D eigenvalue weighted by Gasteiger charge is 2.24. The fourth-order valence-electron chi connectivity index (χ4n) is 4.45. The zero-order chi connectivity index (χ0) is 24.6. The number of carbonyl (C=O) groups is 1. The smallest absolute Gasteiger partial charge is 0.247 e. The number of fused-ring (bicyclic) bond motifs is 2. The maximum Gasteiger partial charge on any atom is 0.247 e. The van der Waals surface area contributed by atoms with E-state index in [1.54, 1.807) is 6.33 Å². The van der Waals surface area contributed by atoms with E-state index in [0.29, 0.717) is 23.9 Å². The number of nitrogens with zero attached hydrogens (tertiary/aromatic N) is 3. The number of hydrogen-bond donors (Lipinski definition) is 3. The van der Waals surface area contributed by atoms with Crippen molar-refractivity contribution in [3.63, 3.8) is 0 Å². The van der Waals surface area contributed by atoms with Gasteiger partial charge in [-0.3, -0.25) is 4.79 Å². The maximum atomic E-state index is 11.7. The van der Waals surface area contributed by atoms with Gasteiger partial charge in [-0.1, -0.05) is 30.8 Å². The van der Waals surface area contributed by atoms with E-state index in [0.717, 1.165) is 50.5 Å². The lowest BCUT2D eigenvalue weighted by atomic mass is 9.95. The fourth-order valence-corrected chi connectivity index (χ4v) is 4.45. The van der Waals surface area contributed by atoms with Gasteiger partial charge in [0.15, 0.2) is 0 Å². The van der Waals surface area contributed by atoms with Gasteiger partial charge in [-0.2, -0.15) is 0 Å². The van der Waals surface area contributed by atoms with E-state index in [9.17, 15) is 4.79 Å². The molecule has 4 heterocycles. The molecule has 0 atom stereocenters. The van der Waals surface area contributed by atoms with E-state index >= 15 is 0 Å². The summed E-state index contributed by atoms with van der Waals surface area (Å²) < 4.78 is 6.05. The maximum absolute atomic E-state index is 11.7. The van der Waals surface area contributed by atoms with E-state index in [2.05, 4.69) is 43.2 Å². The minimum atomic E-state index is -0.251. The second-order valence-electron chi connectivity index (χ2n) is 8.48. The monoisotopic (exact) mass is 474 g/mol. The van der Waals surface area contributed by atoms with Crippen molar-refractivity contribution in [1.82, 2.24) is 19.9 Å². The number of carbonyl (C=O) groups excluding carboxylic acids is 1. The fraction of sp³-hybridized carbons (Fsp3) is 0.0714. The summed E-state index contributed by atoms with van der Waals surface area (Å²) in [5, 5.41) is 7.17. The lowest BCUT2D eigenvalue weighted by Crippen LogP contribution is -2.06. The van der Waals surface area contributed by atoms with Crippen molar-refractivity contribution in [3.8, 4) is 34.0 Å². The molecule has 3 aromatic heterocycles. The van der Waals surface area contributed by atoms with Crippen LogP contribution in [0.1, 0.15) is 11.3 Å². The van der Waals surface area contributed by atoms with Gasteiger partial charge in [0.2, 0.25) is 11.8 Å². The van der Waals surface area contributed by atoms with Crippen LogP contribution in [-0.2, 0) is 11.3 Å². The molecule has 2 aromatic carbocycles. The summed E-state index contributed by atoms with van der Waals surface area (Å²) in [6, 6.07) is 19.4. The van der Waals surface area contributed by atoms with E-state index in [4.69, 9.17) is 4.74 Å². The molecular formula is C28H22N6O2. The van der Waals surface area contributed by atoms with Crippen molar-refractivity contribution in [1.29, 1.82) is 0 Å². The first-order valence-electron chi connectivity index (χ1n) is 11.5. The van der Waals surface area contributed by atoms with Gasteiger partial charge in [-0.15, -0.1) is 0 Å². The Balaban J connectivity index is 1.45. The number of rotatable bonds is 5. The van der Waals surface area contributed by atoms with Gasteiger partial charge in [-0.25, -0.2) is 15.0 Å². The first-order valence-corrected chi connectivity index (χ1v) is 11.5. The Morgan fingerprint density at radius 3 is 2.78 bits per heavy atom. The Bertz CT molecular complexity index is 1640. The molecule has 3 N–H and O–H groups in total. The van der Waals surface area contributed by atoms with Crippen LogP contribution in [0.5, 0.6) is 11.6 Å². The van der Waals surface area contributed by atoms with Crippen LogP contribution in [0.3, 0.4) is 0 Å². The van der Waals surface area contributed by atoms with E-state index in [1.165, 1.54) is 6.08 Å². The Kier molecular flexibility index (Phi) is 5.19. The van der Waals surface area contributed by atoms with Crippen LogP contribution in [0.15, 0.2) is 79.6 Å². The summed E-state index contributed by atoms with van der Waals surface area (Å²) in [5.74, 6) is 1.78. The number of benzene rings is 2. The molecule has 5 aromatic rings. The van der Waals surface area contributed by atoms with Gasteiger partial charge >= 0.3 is 0 Å². The molecule has 1 aliphatic heterocycles. The number of aromatic nitrogens is 4. The second-order valence-corrected chi connectivity index (χ2v) is 8.48. The van der Waals surface area contributed by atoms with Crippen LogP contribution in [0.2, 0.25) is 0 Å². The van der Waals surface area contributed by atoms with Gasteiger partial charge in [0.25, 0.3) is 0 Å². The first kappa shape index (κ1) is 21.5. The molecule has 6 rings (SSSR count). The van der Waals surface area contributed by atoms with Crippen molar-refractivity contribution in [2.24, 2.45) is 0 Å². The molecule has 1 aliphatic rings. The number of anilines is 2. The van der Waals surface area contributed by atoms with Gasteiger partial charge in [0, 0.05) is 29.6 Å². The average Bonchev–Trinajstić information content (AvgIpc) is 3.19. The molecule has 8 heteroatoms. The molecule has 0 saturated heterocycles. The molecule has 0 bridgehead atoms. The number of amides is 1. The van der Waals surface area contributed by atoms with E-state index in [-0.39, 0.29) is 5.91 Å². The van der Waals surface area contributed by atoms with Crippen LogP contribution in [0, 0.1) is 6.92 Å². The quantitative estimate of drug-likeness (QED) is 0.277. The largest absolute Gasteiger partial charge is 0.439 e. The molecule has 8 nitrogen and oxygen atoms in total. The SMILES string of the molecule is C=CC(=O)Nc1ccc(-c2[nH]c3ncnc4c3c2-c2ccc(Oc3cccc(C)n3)cc2CN4)cc1. The molecule has 0 aliphatic carbocycles. The van der Waals surface area contributed by atoms with Crippen molar-refractivity contribution in [3.05, 3.63) is 90.9 Å². The molecule has 0 saturated carbocycles. The van der Waals surface area contributed by atoms with Gasteiger partial charge in [-0.05, 0) is 60.0 Å². The Hall–Kier alpha value is -4.98. The van der Waals surface area contributed by atoms with Crippen molar-refractivity contribution in [2.75, 3.05) is 10.6 Å². The molecule has 176 valence electrons. The van der Waals surface area contributed by atoms with Crippen LogP contribution < -0.4 is 15.4 Å². The van der Waals surface area contributed by atoms with Gasteiger partial charge in [0.1, 0.15) is 23.5 Å². The Labute approximate surface area is 207 Å². The van der Waals surface area contributed by atoms with Crippen LogP contribution >= 0.6 is 0 Å². The number of H-pyrrole nitrogens is 1. The minimum absolute atomic E-state index is 0.251. The van der Waals surface area contributed by atoms with Crippen LogP contribution in [0.25, 0.3) is 33.4 Å². The number of pyridine rings is 1. The lowest BCUT2D eigenvalue weighted by Gasteiger charge is -2.12. The standard InChI is InChI=1S/C28H22N6O2/c1-3-22(35)33-19-9-7-17(8-10-19)26-24-21-12-11-20(36-23-6-4-5-16(2)32-23)13-18(21)14-29-27-25(24)28(34-26)31-15-30-27/h3-13,15H,1,14H2,2H3,(H,33,35)(H2,29,30,31,34). The van der Waals surface area contributed by atoms with Crippen molar-refractivity contribution < 1.29 is 9.53 Å². The van der Waals surface area contributed by atoms with Gasteiger partial charge in [0.05, 0.1) is 11.1 Å². The molecule has 0 spiro atoms. The summed E-state index contributed by atoms with van der Waals surface area (Å²) in [5.41, 5.74) is 7.37. The third-order valence-corrected chi connectivity index (χ3v) is 6.09. The van der Waals surface area contributed by atoms with Crippen molar-refractivity contribution >= 4 is 28.4 Å². The average molecular weight is 475 g/mol. The number of hydrogen-bond acceptors (Lipinski definition) is 6. The number of aryl methyl sites for hydroxylation is 1. The summed E-state index contributed by atoms with van der Waals surface area (Å²) in [6.45, 7) is 6.02. The van der Waals surface area contributed by atoms with Crippen molar-refractivity contribution in [2.45, 2.75) is 13.5 Å². The Morgan fingerprint density at radius 1 is 1.11 bits per heavy atom. The zero-order valence-corrected chi connectivity index (χ0v) is 19.5. The minimum Gasteiger partial charge on any atom is -0.439 e. The van der Waals surface area contributed by atoms with Crippen LogP contribution in [0.4, 0.5) is 11.5 Å². The molecule has 1 amide bonds. The number of nitrogens with one attached hydrogen (secondary N) is 3. The number of ether oxygens (including phenoxy) is 1. The third kappa shape index (κ3) is 3.84. The predicted octanol–water partition coefficient (Wildman–Crippen LogP) is 5.84. The normalized spacial score (nSPS) is 11.8. The molecular weight excluding hydrogens is 452 g/mol. The highest BCUT2D eigenvalue weighted by atomic mass is 16.5. The highest BCUT2D eigenvalue weighted by Crippen LogP contribution is 2.44. The summed E-state index contributed by atoms with van der Waals surface area (Å²) >= 11 is 0. The van der Waals surface area contributed by atoms with Crippen LogP contribution in [-0.4, -0.2) is 25.8 Å². The molecule has 0 fully saturated rings. The molecule has 36 heavy (non-hydrogen) atoms. The second kappa shape index (κ2) is 8.66. The summed E-state index contributed by atoms with van der Waals surface area (Å²) in [4.78, 5) is 28.6. The van der Waals surface area contributed by atoms with Gasteiger partial charge < -0.3 is 20.4 Å².